The first-order valence-corrected chi connectivity index (χ1v) is 7.98. The quantitative estimate of drug-likeness (QED) is 0.622. The SMILES string of the molecule is CC1Cc2ccccc2N1/C=C(/C#N)C(=O)N1CCCCC1. The van der Waals surface area contributed by atoms with Gasteiger partial charge in [0.25, 0.3) is 5.91 Å². The number of nitrogens with zero attached hydrogens (tertiary/aromatic N) is 3. The molecule has 0 aliphatic carbocycles. The molecule has 1 saturated heterocycles. The molecule has 22 heavy (non-hydrogen) atoms. The lowest BCUT2D eigenvalue weighted by molar-refractivity contribution is -0.127. The van der Waals surface area contributed by atoms with Crippen LogP contribution in [0.4, 0.5) is 5.69 Å². The maximum atomic E-state index is 12.5. The van der Waals surface area contributed by atoms with Gasteiger partial charge in [-0.2, -0.15) is 5.26 Å². The number of piperidine rings is 1. The van der Waals surface area contributed by atoms with Gasteiger partial charge in [-0.1, -0.05) is 18.2 Å². The molecule has 0 N–H and O–H groups in total. The Balaban J connectivity index is 1.85. The Bertz CT molecular complexity index is 638. The molecule has 1 fully saturated rings. The smallest absolute Gasteiger partial charge is 0.266 e. The van der Waals surface area contributed by atoms with Gasteiger partial charge in [0.15, 0.2) is 0 Å². The van der Waals surface area contributed by atoms with Crippen molar-refractivity contribution in [1.29, 1.82) is 5.26 Å². The number of rotatable bonds is 2. The second-order valence-electron chi connectivity index (χ2n) is 6.10. The Hall–Kier alpha value is -2.28. The minimum absolute atomic E-state index is 0.126. The molecular formula is C18H21N3O. The molecule has 114 valence electrons. The number of para-hydroxylation sites is 1. The van der Waals surface area contributed by atoms with Crippen LogP contribution in [0.1, 0.15) is 31.7 Å². The van der Waals surface area contributed by atoms with E-state index in [-0.39, 0.29) is 17.5 Å². The zero-order valence-corrected chi connectivity index (χ0v) is 13.0. The summed E-state index contributed by atoms with van der Waals surface area (Å²) in [6, 6.07) is 10.6. The van der Waals surface area contributed by atoms with Gasteiger partial charge in [0.05, 0.1) is 0 Å². The van der Waals surface area contributed by atoms with E-state index in [9.17, 15) is 10.1 Å². The van der Waals surface area contributed by atoms with Gasteiger partial charge in [0.1, 0.15) is 11.6 Å². The highest BCUT2D eigenvalue weighted by Gasteiger charge is 2.27. The van der Waals surface area contributed by atoms with Crippen LogP contribution in [0.25, 0.3) is 0 Å². The minimum Gasteiger partial charge on any atom is -0.343 e. The van der Waals surface area contributed by atoms with E-state index in [4.69, 9.17) is 0 Å². The van der Waals surface area contributed by atoms with E-state index >= 15 is 0 Å². The van der Waals surface area contributed by atoms with Crippen LogP contribution in [0.15, 0.2) is 36.0 Å². The largest absolute Gasteiger partial charge is 0.343 e. The third-order valence-electron chi connectivity index (χ3n) is 4.52. The van der Waals surface area contributed by atoms with Crippen molar-refractivity contribution in [3.8, 4) is 6.07 Å². The fourth-order valence-corrected chi connectivity index (χ4v) is 3.32. The molecule has 3 rings (SSSR count). The van der Waals surface area contributed by atoms with E-state index in [1.54, 1.807) is 6.20 Å². The third kappa shape index (κ3) is 2.71. The molecular weight excluding hydrogens is 274 g/mol. The van der Waals surface area contributed by atoms with Crippen LogP contribution in [0.5, 0.6) is 0 Å². The number of fused-ring (bicyclic) bond motifs is 1. The number of carbonyl (C=O) groups excluding carboxylic acids is 1. The number of anilines is 1. The first-order valence-electron chi connectivity index (χ1n) is 7.98. The van der Waals surface area contributed by atoms with Crippen LogP contribution in [-0.4, -0.2) is 29.9 Å². The molecule has 1 aromatic carbocycles. The van der Waals surface area contributed by atoms with Gasteiger partial charge in [-0.05, 0) is 44.2 Å². The van der Waals surface area contributed by atoms with E-state index in [2.05, 4.69) is 30.0 Å². The maximum Gasteiger partial charge on any atom is 0.266 e. The molecule has 4 nitrogen and oxygen atoms in total. The topological polar surface area (TPSA) is 47.3 Å². The summed E-state index contributed by atoms with van der Waals surface area (Å²) in [4.78, 5) is 16.4. The summed E-state index contributed by atoms with van der Waals surface area (Å²) >= 11 is 0. The van der Waals surface area contributed by atoms with Crippen molar-refractivity contribution in [2.45, 2.75) is 38.6 Å². The van der Waals surface area contributed by atoms with Gasteiger partial charge in [-0.3, -0.25) is 4.79 Å². The summed E-state index contributed by atoms with van der Waals surface area (Å²) < 4.78 is 0. The standard InChI is InChI=1S/C18H21N3O/c1-14-11-15-7-3-4-8-17(15)21(14)13-16(12-19)18(22)20-9-5-2-6-10-20/h3-4,7-8,13-14H,2,5-6,9-11H2,1H3/b16-13-. The highest BCUT2D eigenvalue weighted by molar-refractivity contribution is 5.97. The summed E-state index contributed by atoms with van der Waals surface area (Å²) in [5.74, 6) is -0.126. The Morgan fingerprint density at radius 1 is 1.27 bits per heavy atom. The normalized spacial score (nSPS) is 21.5. The van der Waals surface area contributed by atoms with Gasteiger partial charge < -0.3 is 9.80 Å². The predicted molar refractivity (Wildman–Crippen MR) is 86.2 cm³/mol. The van der Waals surface area contributed by atoms with E-state index in [1.165, 1.54) is 12.0 Å². The molecule has 1 amide bonds. The van der Waals surface area contributed by atoms with Crippen LogP contribution in [0.3, 0.4) is 0 Å². The average Bonchev–Trinajstić information content (AvgIpc) is 2.88. The highest BCUT2D eigenvalue weighted by Crippen LogP contribution is 2.32. The van der Waals surface area contributed by atoms with Gasteiger partial charge >= 0.3 is 0 Å². The van der Waals surface area contributed by atoms with Crippen molar-refractivity contribution >= 4 is 11.6 Å². The lowest BCUT2D eigenvalue weighted by atomic mass is 10.1. The van der Waals surface area contributed by atoms with E-state index in [0.29, 0.717) is 0 Å². The number of carbonyl (C=O) groups is 1. The van der Waals surface area contributed by atoms with Crippen molar-refractivity contribution in [2.75, 3.05) is 18.0 Å². The third-order valence-corrected chi connectivity index (χ3v) is 4.52. The second kappa shape index (κ2) is 6.23. The molecule has 0 spiro atoms. The Morgan fingerprint density at radius 3 is 2.73 bits per heavy atom. The summed E-state index contributed by atoms with van der Waals surface area (Å²) in [5.41, 5.74) is 2.62. The number of hydrogen-bond donors (Lipinski definition) is 0. The van der Waals surface area contributed by atoms with Crippen LogP contribution in [-0.2, 0) is 11.2 Å². The van der Waals surface area contributed by atoms with Crippen LogP contribution >= 0.6 is 0 Å². The van der Waals surface area contributed by atoms with Crippen LogP contribution in [0, 0.1) is 11.3 Å². The Labute approximate surface area is 131 Å². The fraction of sp³-hybridized carbons (Fsp3) is 0.444. The minimum atomic E-state index is -0.126. The van der Waals surface area contributed by atoms with Crippen molar-refractivity contribution < 1.29 is 4.79 Å². The molecule has 0 aromatic heterocycles. The predicted octanol–water partition coefficient (Wildman–Crippen LogP) is 2.86. The lowest BCUT2D eigenvalue weighted by Crippen LogP contribution is -2.37. The van der Waals surface area contributed by atoms with E-state index in [0.717, 1.165) is 38.0 Å². The molecule has 2 heterocycles. The summed E-state index contributed by atoms with van der Waals surface area (Å²) in [6.07, 6.45) is 5.93. The fourth-order valence-electron chi connectivity index (χ4n) is 3.32. The summed E-state index contributed by atoms with van der Waals surface area (Å²) in [7, 11) is 0. The molecule has 2 aliphatic rings. The Kier molecular flexibility index (Phi) is 4.15. The zero-order valence-electron chi connectivity index (χ0n) is 13.0. The second-order valence-corrected chi connectivity index (χ2v) is 6.10. The monoisotopic (exact) mass is 295 g/mol. The van der Waals surface area contributed by atoms with Crippen LogP contribution < -0.4 is 4.90 Å². The summed E-state index contributed by atoms with van der Waals surface area (Å²) in [6.45, 7) is 3.66. The zero-order chi connectivity index (χ0) is 15.5. The number of amides is 1. The average molecular weight is 295 g/mol. The molecule has 4 heteroatoms. The van der Waals surface area contributed by atoms with Gasteiger partial charge in [-0.25, -0.2) is 0 Å². The highest BCUT2D eigenvalue weighted by atomic mass is 16.2. The van der Waals surface area contributed by atoms with Crippen LogP contribution in [0.2, 0.25) is 0 Å². The molecule has 0 saturated carbocycles. The van der Waals surface area contributed by atoms with Crippen molar-refractivity contribution in [3.63, 3.8) is 0 Å². The van der Waals surface area contributed by atoms with E-state index in [1.807, 2.05) is 17.0 Å². The molecule has 1 atom stereocenters. The first kappa shape index (κ1) is 14.6. The number of nitriles is 1. The molecule has 1 aromatic rings. The first-order chi connectivity index (χ1) is 10.7. The number of hydrogen-bond acceptors (Lipinski definition) is 3. The molecule has 0 radical (unpaired) electrons. The lowest BCUT2D eigenvalue weighted by Gasteiger charge is -2.27. The molecule has 0 bridgehead atoms. The molecule has 1 unspecified atom stereocenters. The van der Waals surface area contributed by atoms with Crippen molar-refractivity contribution in [2.24, 2.45) is 0 Å². The summed E-state index contributed by atoms with van der Waals surface area (Å²) in [5, 5.41) is 9.43. The number of likely N-dealkylation sites (tertiary alicyclic amines) is 1. The van der Waals surface area contributed by atoms with E-state index < -0.39 is 0 Å². The van der Waals surface area contributed by atoms with Gasteiger partial charge in [-0.15, -0.1) is 0 Å². The number of benzene rings is 1. The maximum absolute atomic E-state index is 12.5. The molecule has 2 aliphatic heterocycles. The van der Waals surface area contributed by atoms with Crippen molar-refractivity contribution in [3.05, 3.63) is 41.6 Å². The Morgan fingerprint density at radius 2 is 2.00 bits per heavy atom. The van der Waals surface area contributed by atoms with Gasteiger partial charge in [0, 0.05) is 31.0 Å². The van der Waals surface area contributed by atoms with Crippen molar-refractivity contribution in [1.82, 2.24) is 4.90 Å². The van der Waals surface area contributed by atoms with Gasteiger partial charge in [0.2, 0.25) is 0 Å².